The van der Waals surface area contributed by atoms with Gasteiger partial charge in [-0.2, -0.15) is 5.26 Å². The highest BCUT2D eigenvalue weighted by Gasteiger charge is 2.14. The molecule has 0 saturated heterocycles. The van der Waals surface area contributed by atoms with Crippen molar-refractivity contribution in [3.05, 3.63) is 34.9 Å². The van der Waals surface area contributed by atoms with Gasteiger partial charge in [-0.1, -0.05) is 0 Å². The van der Waals surface area contributed by atoms with E-state index in [9.17, 15) is 8.78 Å². The van der Waals surface area contributed by atoms with E-state index < -0.39 is 11.6 Å². The van der Waals surface area contributed by atoms with Crippen molar-refractivity contribution >= 4 is 0 Å². The number of nitrogens with one attached hydrogen (secondary N) is 1. The van der Waals surface area contributed by atoms with Gasteiger partial charge < -0.3 is 5.32 Å². The summed E-state index contributed by atoms with van der Waals surface area (Å²) in [6, 6.07) is 4.72. The molecule has 0 fully saturated rings. The Morgan fingerprint density at radius 3 is 2.10 bits per heavy atom. The van der Waals surface area contributed by atoms with E-state index in [1.807, 2.05) is 0 Å². The zero-order valence-electron chi connectivity index (χ0n) is 13.1. The van der Waals surface area contributed by atoms with E-state index in [2.05, 4.69) is 37.9 Å². The van der Waals surface area contributed by atoms with Crippen LogP contribution in [0.4, 0.5) is 8.78 Å². The lowest BCUT2D eigenvalue weighted by molar-refractivity contribution is 0.175. The molecule has 0 atom stereocenters. The van der Waals surface area contributed by atoms with Crippen LogP contribution in [0.15, 0.2) is 12.1 Å². The zero-order valence-corrected chi connectivity index (χ0v) is 13.1. The quantitative estimate of drug-likeness (QED) is 0.786. The lowest BCUT2D eigenvalue weighted by Crippen LogP contribution is -2.41. The van der Waals surface area contributed by atoms with E-state index in [1.165, 1.54) is 0 Å². The minimum absolute atomic E-state index is 0.000425. The highest BCUT2D eigenvalue weighted by atomic mass is 19.1. The van der Waals surface area contributed by atoms with E-state index in [1.54, 1.807) is 6.07 Å². The van der Waals surface area contributed by atoms with E-state index in [4.69, 9.17) is 5.26 Å². The Kier molecular flexibility index (Phi) is 6.73. The molecule has 1 rings (SSSR count). The van der Waals surface area contributed by atoms with Crippen LogP contribution >= 0.6 is 0 Å². The Balaban J connectivity index is 2.56. The van der Waals surface area contributed by atoms with E-state index in [0.717, 1.165) is 18.7 Å². The van der Waals surface area contributed by atoms with E-state index in [0.29, 0.717) is 18.6 Å². The maximum Gasteiger partial charge on any atom is 0.131 e. The number of rotatable bonds is 7. The highest BCUT2D eigenvalue weighted by Crippen LogP contribution is 2.14. The van der Waals surface area contributed by atoms with Crippen LogP contribution in [0.5, 0.6) is 0 Å². The minimum Gasteiger partial charge on any atom is -0.311 e. The van der Waals surface area contributed by atoms with Crippen molar-refractivity contribution in [2.45, 2.75) is 46.3 Å². The fourth-order valence-electron chi connectivity index (χ4n) is 2.37. The molecule has 0 spiro atoms. The summed E-state index contributed by atoms with van der Waals surface area (Å²) in [6.07, 6.45) is 0. The SMILES string of the molecule is CC(C)N(CCNCc1c(F)cc(C#N)cc1F)C(C)C. The summed E-state index contributed by atoms with van der Waals surface area (Å²) in [5.41, 5.74) is -0.0193. The number of nitriles is 1. The average Bonchev–Trinajstić information content (AvgIpc) is 2.39. The molecule has 5 heteroatoms. The minimum atomic E-state index is -0.677. The first-order chi connectivity index (χ1) is 9.86. The van der Waals surface area contributed by atoms with Crippen molar-refractivity contribution in [2.24, 2.45) is 0 Å². The molecule has 0 aliphatic heterocycles. The maximum absolute atomic E-state index is 13.7. The Bertz CT molecular complexity index is 476. The van der Waals surface area contributed by atoms with Gasteiger partial charge in [-0.15, -0.1) is 0 Å². The van der Waals surface area contributed by atoms with Gasteiger partial charge in [0.2, 0.25) is 0 Å². The second-order valence-electron chi connectivity index (χ2n) is 5.63. The second kappa shape index (κ2) is 8.06. The summed E-state index contributed by atoms with van der Waals surface area (Å²) in [5, 5.41) is 11.7. The Hall–Kier alpha value is -1.51. The van der Waals surface area contributed by atoms with Crippen LogP contribution in [0.2, 0.25) is 0 Å². The van der Waals surface area contributed by atoms with Crippen LogP contribution < -0.4 is 5.32 Å². The van der Waals surface area contributed by atoms with Crippen LogP contribution in [0, 0.1) is 23.0 Å². The van der Waals surface area contributed by atoms with Crippen LogP contribution in [-0.2, 0) is 6.54 Å². The summed E-state index contributed by atoms with van der Waals surface area (Å²) in [6.45, 7) is 10.1. The lowest BCUT2D eigenvalue weighted by Gasteiger charge is -2.30. The van der Waals surface area contributed by atoms with Crippen molar-refractivity contribution in [1.29, 1.82) is 5.26 Å². The normalized spacial score (nSPS) is 11.4. The molecule has 0 bridgehead atoms. The van der Waals surface area contributed by atoms with Crippen molar-refractivity contribution in [3.63, 3.8) is 0 Å². The molecule has 0 amide bonds. The van der Waals surface area contributed by atoms with Gasteiger partial charge in [0.1, 0.15) is 11.6 Å². The monoisotopic (exact) mass is 295 g/mol. The standard InChI is InChI=1S/C16H23F2N3/c1-11(2)21(12(3)4)6-5-20-10-14-15(17)7-13(9-19)8-16(14)18/h7-8,11-12,20H,5-6,10H2,1-4H3. The molecule has 0 saturated carbocycles. The van der Waals surface area contributed by atoms with Crippen molar-refractivity contribution in [3.8, 4) is 6.07 Å². The lowest BCUT2D eigenvalue weighted by atomic mass is 10.1. The third-order valence-corrected chi connectivity index (χ3v) is 3.45. The Morgan fingerprint density at radius 2 is 1.67 bits per heavy atom. The first-order valence-corrected chi connectivity index (χ1v) is 7.21. The third-order valence-electron chi connectivity index (χ3n) is 3.45. The van der Waals surface area contributed by atoms with Gasteiger partial charge in [-0.05, 0) is 39.8 Å². The van der Waals surface area contributed by atoms with Gasteiger partial charge in [0.15, 0.2) is 0 Å². The first kappa shape index (κ1) is 17.5. The molecule has 0 aliphatic rings. The molecule has 116 valence electrons. The second-order valence-corrected chi connectivity index (χ2v) is 5.63. The molecular formula is C16H23F2N3. The highest BCUT2D eigenvalue weighted by molar-refractivity contribution is 5.34. The largest absolute Gasteiger partial charge is 0.311 e. The molecule has 0 aromatic heterocycles. The number of hydrogen-bond donors (Lipinski definition) is 1. The molecule has 0 heterocycles. The summed E-state index contributed by atoms with van der Waals surface area (Å²) < 4.78 is 27.4. The van der Waals surface area contributed by atoms with Crippen molar-refractivity contribution < 1.29 is 8.78 Å². The van der Waals surface area contributed by atoms with Gasteiger partial charge in [0.05, 0.1) is 11.6 Å². The number of benzene rings is 1. The maximum atomic E-state index is 13.7. The number of halogens is 2. The van der Waals surface area contributed by atoms with Crippen LogP contribution in [0.25, 0.3) is 0 Å². The van der Waals surface area contributed by atoms with Gasteiger partial charge >= 0.3 is 0 Å². The third kappa shape index (κ3) is 5.07. The summed E-state index contributed by atoms with van der Waals surface area (Å²) in [4.78, 5) is 2.30. The molecule has 1 N–H and O–H groups in total. The topological polar surface area (TPSA) is 39.1 Å². The zero-order chi connectivity index (χ0) is 16.0. The summed E-state index contributed by atoms with van der Waals surface area (Å²) >= 11 is 0. The number of nitrogens with zero attached hydrogens (tertiary/aromatic N) is 2. The van der Waals surface area contributed by atoms with Crippen molar-refractivity contribution in [1.82, 2.24) is 10.2 Å². The number of hydrogen-bond acceptors (Lipinski definition) is 3. The molecule has 21 heavy (non-hydrogen) atoms. The smallest absolute Gasteiger partial charge is 0.131 e. The Morgan fingerprint density at radius 1 is 1.14 bits per heavy atom. The van der Waals surface area contributed by atoms with Gasteiger partial charge in [-0.25, -0.2) is 8.78 Å². The summed E-state index contributed by atoms with van der Waals surface area (Å²) in [5.74, 6) is -1.35. The van der Waals surface area contributed by atoms with E-state index >= 15 is 0 Å². The molecular weight excluding hydrogens is 272 g/mol. The predicted molar refractivity (Wildman–Crippen MR) is 79.8 cm³/mol. The van der Waals surface area contributed by atoms with Crippen molar-refractivity contribution in [2.75, 3.05) is 13.1 Å². The molecule has 1 aromatic rings. The fourth-order valence-corrected chi connectivity index (χ4v) is 2.37. The van der Waals surface area contributed by atoms with Crippen LogP contribution in [0.3, 0.4) is 0 Å². The van der Waals surface area contributed by atoms with Gasteiger partial charge in [-0.3, -0.25) is 4.90 Å². The fraction of sp³-hybridized carbons (Fsp3) is 0.562. The molecule has 0 unspecified atom stereocenters. The molecule has 0 aliphatic carbocycles. The first-order valence-electron chi connectivity index (χ1n) is 7.21. The van der Waals surface area contributed by atoms with E-state index in [-0.39, 0.29) is 17.7 Å². The Labute approximate surface area is 125 Å². The predicted octanol–water partition coefficient (Wildman–Crippen LogP) is 3.04. The van der Waals surface area contributed by atoms with Crippen LogP contribution in [-0.4, -0.2) is 30.1 Å². The van der Waals surface area contributed by atoms with Gasteiger partial charge in [0.25, 0.3) is 0 Å². The van der Waals surface area contributed by atoms with Gasteiger partial charge in [0, 0.05) is 37.3 Å². The molecule has 3 nitrogen and oxygen atoms in total. The average molecular weight is 295 g/mol. The summed E-state index contributed by atoms with van der Waals surface area (Å²) in [7, 11) is 0. The molecule has 1 aromatic carbocycles. The van der Waals surface area contributed by atoms with Crippen LogP contribution in [0.1, 0.15) is 38.8 Å². The molecule has 0 radical (unpaired) electrons.